The van der Waals surface area contributed by atoms with Crippen molar-refractivity contribution in [3.63, 3.8) is 0 Å². The molecule has 0 atom stereocenters. The number of carbonyl (C=O) groups excluding carboxylic acids is 1. The van der Waals surface area contributed by atoms with Gasteiger partial charge in [-0.05, 0) is 36.4 Å². The van der Waals surface area contributed by atoms with Crippen LogP contribution in [0.2, 0.25) is 5.02 Å². The molecule has 0 saturated carbocycles. The molecule has 0 spiro atoms. The van der Waals surface area contributed by atoms with Gasteiger partial charge in [0.05, 0.1) is 16.4 Å². The van der Waals surface area contributed by atoms with Crippen LogP contribution in [0.3, 0.4) is 0 Å². The Morgan fingerprint density at radius 2 is 1.97 bits per heavy atom. The van der Waals surface area contributed by atoms with Crippen molar-refractivity contribution in [2.24, 2.45) is 0 Å². The standard InChI is InChI=1S/C23H17ClFN3O3S/c24-15-8-9-21-26-17(11-23(30)28(21)12-15)14-32-20-7-2-1-6-19(20)27-22(29)13-31-18-5-3-4-16(25)10-18/h1-12H,13-14H2,(H,27,29). The number of pyridine rings is 1. The van der Waals surface area contributed by atoms with Crippen LogP contribution >= 0.6 is 23.4 Å². The Kier molecular flexibility index (Phi) is 6.72. The van der Waals surface area contributed by atoms with Crippen LogP contribution in [0.4, 0.5) is 10.1 Å². The summed E-state index contributed by atoms with van der Waals surface area (Å²) in [5.41, 5.74) is 1.50. The van der Waals surface area contributed by atoms with Crippen LogP contribution < -0.4 is 15.6 Å². The van der Waals surface area contributed by atoms with Crippen LogP contribution in [-0.4, -0.2) is 21.9 Å². The van der Waals surface area contributed by atoms with E-state index < -0.39 is 5.82 Å². The number of halogens is 2. The molecule has 0 aliphatic rings. The van der Waals surface area contributed by atoms with E-state index in [2.05, 4.69) is 10.3 Å². The molecule has 2 heterocycles. The predicted molar refractivity (Wildman–Crippen MR) is 123 cm³/mol. The Morgan fingerprint density at radius 3 is 2.81 bits per heavy atom. The number of anilines is 1. The lowest BCUT2D eigenvalue weighted by atomic mass is 10.3. The molecule has 4 aromatic rings. The zero-order chi connectivity index (χ0) is 22.5. The topological polar surface area (TPSA) is 72.7 Å². The average Bonchev–Trinajstić information content (AvgIpc) is 2.78. The number of amides is 1. The number of fused-ring (bicyclic) bond motifs is 1. The summed E-state index contributed by atoms with van der Waals surface area (Å²) in [6.45, 7) is -0.256. The molecule has 0 aliphatic carbocycles. The van der Waals surface area contributed by atoms with Crippen LogP contribution in [-0.2, 0) is 10.5 Å². The summed E-state index contributed by atoms with van der Waals surface area (Å²) in [5, 5.41) is 3.25. The predicted octanol–water partition coefficient (Wildman–Crippen LogP) is 4.80. The first-order valence-electron chi connectivity index (χ1n) is 9.56. The minimum absolute atomic E-state index is 0.218. The number of thioether (sulfide) groups is 1. The molecule has 9 heteroatoms. The molecular weight excluding hydrogens is 453 g/mol. The quantitative estimate of drug-likeness (QED) is 0.394. The van der Waals surface area contributed by atoms with Gasteiger partial charge in [-0.25, -0.2) is 9.37 Å². The summed E-state index contributed by atoms with van der Waals surface area (Å²) in [4.78, 5) is 30.0. The van der Waals surface area contributed by atoms with Crippen molar-refractivity contribution in [2.45, 2.75) is 10.6 Å². The molecule has 2 aromatic carbocycles. The summed E-state index contributed by atoms with van der Waals surface area (Å²) in [6, 6.07) is 17.7. The Labute approximate surface area is 192 Å². The third-order valence-corrected chi connectivity index (χ3v) is 5.71. The van der Waals surface area contributed by atoms with Crippen molar-refractivity contribution in [1.82, 2.24) is 9.38 Å². The second kappa shape index (κ2) is 9.84. The van der Waals surface area contributed by atoms with E-state index >= 15 is 0 Å². The van der Waals surface area contributed by atoms with E-state index in [9.17, 15) is 14.0 Å². The summed E-state index contributed by atoms with van der Waals surface area (Å²) < 4.78 is 20.0. The number of benzene rings is 2. The normalized spacial score (nSPS) is 10.8. The molecule has 1 N–H and O–H groups in total. The molecule has 6 nitrogen and oxygen atoms in total. The molecule has 0 unspecified atom stereocenters. The first kappa shape index (κ1) is 21.9. The Bertz CT molecular complexity index is 1350. The lowest BCUT2D eigenvalue weighted by Crippen LogP contribution is -2.20. The van der Waals surface area contributed by atoms with Crippen molar-refractivity contribution in [2.75, 3.05) is 11.9 Å². The summed E-state index contributed by atoms with van der Waals surface area (Å²) >= 11 is 7.38. The second-order valence-electron chi connectivity index (χ2n) is 6.74. The van der Waals surface area contributed by atoms with Crippen molar-refractivity contribution >= 4 is 40.6 Å². The van der Waals surface area contributed by atoms with Crippen molar-refractivity contribution in [3.05, 3.63) is 99.8 Å². The fourth-order valence-corrected chi connectivity index (χ4v) is 4.00. The highest BCUT2D eigenvalue weighted by molar-refractivity contribution is 7.98. The molecule has 162 valence electrons. The van der Waals surface area contributed by atoms with Gasteiger partial charge in [-0.2, -0.15) is 0 Å². The highest BCUT2D eigenvalue weighted by Gasteiger charge is 2.10. The van der Waals surface area contributed by atoms with E-state index in [1.54, 1.807) is 30.3 Å². The van der Waals surface area contributed by atoms with Crippen LogP contribution in [0.5, 0.6) is 5.75 Å². The molecule has 0 saturated heterocycles. The zero-order valence-corrected chi connectivity index (χ0v) is 18.2. The number of aromatic nitrogens is 2. The number of ether oxygens (including phenoxy) is 1. The first-order chi connectivity index (χ1) is 15.5. The average molecular weight is 470 g/mol. The lowest BCUT2D eigenvalue weighted by molar-refractivity contribution is -0.118. The SMILES string of the molecule is O=C(COc1cccc(F)c1)Nc1ccccc1SCc1cc(=O)n2cc(Cl)ccc2n1. The van der Waals surface area contributed by atoms with Crippen molar-refractivity contribution in [1.29, 1.82) is 0 Å². The second-order valence-corrected chi connectivity index (χ2v) is 8.19. The molecule has 32 heavy (non-hydrogen) atoms. The summed E-state index contributed by atoms with van der Waals surface area (Å²) in [7, 11) is 0. The highest BCUT2D eigenvalue weighted by atomic mass is 35.5. The van der Waals surface area contributed by atoms with Gasteiger partial charge in [0.1, 0.15) is 17.2 Å². The van der Waals surface area contributed by atoms with Gasteiger partial charge in [0.15, 0.2) is 6.61 Å². The molecule has 4 rings (SSSR count). The van der Waals surface area contributed by atoms with E-state index in [0.717, 1.165) is 4.90 Å². The van der Waals surface area contributed by atoms with Crippen LogP contribution in [0, 0.1) is 5.82 Å². The number of para-hydroxylation sites is 1. The maximum atomic E-state index is 13.2. The molecule has 1 amide bonds. The number of carbonyl (C=O) groups is 1. The molecule has 0 fully saturated rings. The van der Waals surface area contributed by atoms with Gasteiger partial charge in [0.25, 0.3) is 11.5 Å². The summed E-state index contributed by atoms with van der Waals surface area (Å²) in [6.07, 6.45) is 1.53. The van der Waals surface area contributed by atoms with Crippen molar-refractivity contribution in [3.8, 4) is 5.75 Å². The van der Waals surface area contributed by atoms with Gasteiger partial charge in [0, 0.05) is 29.0 Å². The van der Waals surface area contributed by atoms with Gasteiger partial charge in [-0.1, -0.05) is 29.8 Å². The maximum absolute atomic E-state index is 13.2. The van der Waals surface area contributed by atoms with Gasteiger partial charge in [-0.15, -0.1) is 11.8 Å². The summed E-state index contributed by atoms with van der Waals surface area (Å²) in [5.74, 6) is -0.102. The van der Waals surface area contributed by atoms with E-state index in [-0.39, 0.29) is 23.8 Å². The van der Waals surface area contributed by atoms with Gasteiger partial charge in [0.2, 0.25) is 0 Å². The number of hydrogen-bond donors (Lipinski definition) is 1. The Hall–Kier alpha value is -3.36. The molecule has 0 aliphatic heterocycles. The largest absolute Gasteiger partial charge is 0.484 e. The molecule has 0 bridgehead atoms. The Balaban J connectivity index is 1.42. The number of nitrogens with one attached hydrogen (secondary N) is 1. The fraction of sp³-hybridized carbons (Fsp3) is 0.0870. The number of nitrogens with zero attached hydrogens (tertiary/aromatic N) is 2. The van der Waals surface area contributed by atoms with Crippen LogP contribution in [0.15, 0.2) is 82.6 Å². The van der Waals surface area contributed by atoms with E-state index in [0.29, 0.717) is 27.8 Å². The highest BCUT2D eigenvalue weighted by Crippen LogP contribution is 2.29. The molecule has 2 aromatic heterocycles. The van der Waals surface area contributed by atoms with E-state index in [1.165, 1.54) is 46.6 Å². The van der Waals surface area contributed by atoms with E-state index in [4.69, 9.17) is 16.3 Å². The number of hydrogen-bond acceptors (Lipinski definition) is 5. The zero-order valence-electron chi connectivity index (χ0n) is 16.6. The minimum atomic E-state index is -0.435. The monoisotopic (exact) mass is 469 g/mol. The van der Waals surface area contributed by atoms with Crippen molar-refractivity contribution < 1.29 is 13.9 Å². The number of rotatable bonds is 7. The maximum Gasteiger partial charge on any atom is 0.262 e. The molecule has 0 radical (unpaired) electrons. The lowest BCUT2D eigenvalue weighted by Gasteiger charge is -2.11. The van der Waals surface area contributed by atoms with Gasteiger partial charge in [-0.3, -0.25) is 14.0 Å². The van der Waals surface area contributed by atoms with Gasteiger partial charge >= 0.3 is 0 Å². The first-order valence-corrected chi connectivity index (χ1v) is 10.9. The smallest absolute Gasteiger partial charge is 0.262 e. The van der Waals surface area contributed by atoms with Gasteiger partial charge < -0.3 is 10.1 Å². The van der Waals surface area contributed by atoms with Crippen LogP contribution in [0.1, 0.15) is 5.69 Å². The Morgan fingerprint density at radius 1 is 1.12 bits per heavy atom. The third-order valence-electron chi connectivity index (χ3n) is 4.38. The third kappa shape index (κ3) is 5.46. The fourth-order valence-electron chi connectivity index (χ4n) is 2.94. The minimum Gasteiger partial charge on any atom is -0.484 e. The molecular formula is C23H17ClFN3O3S. The van der Waals surface area contributed by atoms with Crippen LogP contribution in [0.25, 0.3) is 5.65 Å². The van der Waals surface area contributed by atoms with E-state index in [1.807, 2.05) is 12.1 Å².